The average Bonchev–Trinajstić information content (AvgIpc) is 2.38. The molecule has 100 valence electrons. The van der Waals surface area contributed by atoms with E-state index >= 15 is 0 Å². The number of ether oxygens (including phenoxy) is 2. The van der Waals surface area contributed by atoms with Crippen molar-refractivity contribution in [2.75, 3.05) is 45.9 Å². The molecule has 0 saturated carbocycles. The van der Waals surface area contributed by atoms with Gasteiger partial charge in [0, 0.05) is 32.8 Å². The van der Waals surface area contributed by atoms with Crippen molar-refractivity contribution in [3.63, 3.8) is 0 Å². The third-order valence-corrected chi connectivity index (χ3v) is 3.49. The number of hydrogen-bond donors (Lipinski definition) is 1. The summed E-state index contributed by atoms with van der Waals surface area (Å²) in [5, 5.41) is 3.39. The maximum atomic E-state index is 5.85. The van der Waals surface area contributed by atoms with Gasteiger partial charge in [-0.05, 0) is 25.8 Å². The van der Waals surface area contributed by atoms with E-state index < -0.39 is 0 Å². The Morgan fingerprint density at radius 2 is 2.41 bits per heavy atom. The maximum absolute atomic E-state index is 5.85. The second-order valence-corrected chi connectivity index (χ2v) is 5.09. The Kier molecular flexibility index (Phi) is 5.71. The van der Waals surface area contributed by atoms with Gasteiger partial charge in [0.1, 0.15) is 0 Å². The fourth-order valence-corrected chi connectivity index (χ4v) is 2.62. The molecule has 17 heavy (non-hydrogen) atoms. The van der Waals surface area contributed by atoms with Crippen LogP contribution in [0.15, 0.2) is 0 Å². The van der Waals surface area contributed by atoms with Crippen LogP contribution in [-0.2, 0) is 9.47 Å². The molecule has 2 aliphatic heterocycles. The van der Waals surface area contributed by atoms with Crippen LogP contribution in [0.2, 0.25) is 0 Å². The van der Waals surface area contributed by atoms with E-state index in [2.05, 4.69) is 17.1 Å². The summed E-state index contributed by atoms with van der Waals surface area (Å²) in [6.45, 7) is 9.26. The van der Waals surface area contributed by atoms with E-state index in [0.717, 1.165) is 45.8 Å². The molecular formula is C13H26N2O2. The first-order valence-electron chi connectivity index (χ1n) is 7.04. The van der Waals surface area contributed by atoms with Crippen LogP contribution < -0.4 is 5.32 Å². The van der Waals surface area contributed by atoms with Gasteiger partial charge in [0.25, 0.3) is 0 Å². The Hall–Kier alpha value is -0.160. The van der Waals surface area contributed by atoms with E-state index in [1.807, 2.05) is 0 Å². The predicted octanol–water partition coefficient (Wildman–Crippen LogP) is 0.866. The third-order valence-electron chi connectivity index (χ3n) is 3.49. The summed E-state index contributed by atoms with van der Waals surface area (Å²) in [5.41, 5.74) is 0. The Labute approximate surface area is 105 Å². The lowest BCUT2D eigenvalue weighted by atomic mass is 10.1. The van der Waals surface area contributed by atoms with Crippen molar-refractivity contribution in [3.8, 4) is 0 Å². The first kappa shape index (κ1) is 13.3. The Morgan fingerprint density at radius 3 is 3.18 bits per heavy atom. The molecular weight excluding hydrogens is 216 g/mol. The van der Waals surface area contributed by atoms with Crippen LogP contribution in [0.3, 0.4) is 0 Å². The molecule has 0 aliphatic carbocycles. The van der Waals surface area contributed by atoms with E-state index in [1.54, 1.807) is 0 Å². The van der Waals surface area contributed by atoms with Gasteiger partial charge in [-0.15, -0.1) is 0 Å². The van der Waals surface area contributed by atoms with Gasteiger partial charge in [-0.3, -0.25) is 4.90 Å². The predicted molar refractivity (Wildman–Crippen MR) is 68.3 cm³/mol. The molecule has 2 rings (SSSR count). The minimum absolute atomic E-state index is 0.369. The molecule has 4 nitrogen and oxygen atoms in total. The van der Waals surface area contributed by atoms with Crippen molar-refractivity contribution in [1.29, 1.82) is 0 Å². The van der Waals surface area contributed by atoms with Gasteiger partial charge in [0.2, 0.25) is 0 Å². The second kappa shape index (κ2) is 7.31. The number of likely N-dealkylation sites (tertiary alicyclic amines) is 1. The number of rotatable bonds is 5. The standard InChI is InChI=1S/C13H26N2O2/c1-2-7-16-12-4-3-6-15(10-12)11-13-9-14-5-8-17-13/h12-14H,2-11H2,1H3. The minimum Gasteiger partial charge on any atom is -0.377 e. The largest absolute Gasteiger partial charge is 0.377 e. The van der Waals surface area contributed by atoms with Crippen LogP contribution in [0.25, 0.3) is 0 Å². The zero-order valence-electron chi connectivity index (χ0n) is 11.0. The van der Waals surface area contributed by atoms with Crippen LogP contribution >= 0.6 is 0 Å². The summed E-state index contributed by atoms with van der Waals surface area (Å²) >= 11 is 0. The first-order chi connectivity index (χ1) is 8.38. The van der Waals surface area contributed by atoms with Gasteiger partial charge in [-0.1, -0.05) is 6.92 Å². The van der Waals surface area contributed by atoms with Crippen LogP contribution in [0.1, 0.15) is 26.2 Å². The number of nitrogens with zero attached hydrogens (tertiary/aromatic N) is 1. The molecule has 2 saturated heterocycles. The van der Waals surface area contributed by atoms with Gasteiger partial charge < -0.3 is 14.8 Å². The highest BCUT2D eigenvalue weighted by Gasteiger charge is 2.23. The molecule has 4 heteroatoms. The highest BCUT2D eigenvalue weighted by atomic mass is 16.5. The highest BCUT2D eigenvalue weighted by Crippen LogP contribution is 2.14. The second-order valence-electron chi connectivity index (χ2n) is 5.09. The Balaban J connectivity index is 1.68. The van der Waals surface area contributed by atoms with E-state index in [0.29, 0.717) is 12.2 Å². The average molecular weight is 242 g/mol. The van der Waals surface area contributed by atoms with Crippen molar-refractivity contribution < 1.29 is 9.47 Å². The minimum atomic E-state index is 0.369. The molecule has 0 spiro atoms. The van der Waals surface area contributed by atoms with Gasteiger partial charge in [-0.25, -0.2) is 0 Å². The van der Waals surface area contributed by atoms with Crippen molar-refractivity contribution in [2.45, 2.75) is 38.4 Å². The molecule has 1 N–H and O–H groups in total. The molecule has 0 bridgehead atoms. The van der Waals surface area contributed by atoms with E-state index in [1.165, 1.54) is 19.4 Å². The fourth-order valence-electron chi connectivity index (χ4n) is 2.62. The number of morpholine rings is 1. The Bertz CT molecular complexity index is 208. The normalized spacial score (nSPS) is 31.6. The fraction of sp³-hybridized carbons (Fsp3) is 1.00. The molecule has 2 fully saturated rings. The molecule has 2 heterocycles. The van der Waals surface area contributed by atoms with E-state index in [9.17, 15) is 0 Å². The third kappa shape index (κ3) is 4.54. The maximum Gasteiger partial charge on any atom is 0.0826 e. The molecule has 0 radical (unpaired) electrons. The zero-order chi connectivity index (χ0) is 11.9. The van der Waals surface area contributed by atoms with Crippen LogP contribution in [-0.4, -0.2) is 63.0 Å². The molecule has 0 aromatic heterocycles. The number of nitrogens with one attached hydrogen (secondary N) is 1. The molecule has 2 unspecified atom stereocenters. The SMILES string of the molecule is CCCOC1CCCN(CC2CNCCO2)C1. The van der Waals surface area contributed by atoms with Crippen molar-refractivity contribution in [2.24, 2.45) is 0 Å². The summed E-state index contributed by atoms with van der Waals surface area (Å²) < 4.78 is 11.6. The summed E-state index contributed by atoms with van der Waals surface area (Å²) in [7, 11) is 0. The summed E-state index contributed by atoms with van der Waals surface area (Å²) in [5.74, 6) is 0. The molecule has 2 atom stereocenters. The molecule has 2 aliphatic rings. The summed E-state index contributed by atoms with van der Waals surface area (Å²) in [6.07, 6.45) is 4.41. The lowest BCUT2D eigenvalue weighted by molar-refractivity contribution is -0.0330. The summed E-state index contributed by atoms with van der Waals surface area (Å²) in [4.78, 5) is 2.50. The number of hydrogen-bond acceptors (Lipinski definition) is 4. The summed E-state index contributed by atoms with van der Waals surface area (Å²) in [6, 6.07) is 0. The van der Waals surface area contributed by atoms with Crippen LogP contribution in [0.4, 0.5) is 0 Å². The van der Waals surface area contributed by atoms with Gasteiger partial charge >= 0.3 is 0 Å². The van der Waals surface area contributed by atoms with Gasteiger partial charge in [0.15, 0.2) is 0 Å². The molecule has 0 amide bonds. The van der Waals surface area contributed by atoms with Gasteiger partial charge in [-0.2, -0.15) is 0 Å². The molecule has 0 aromatic rings. The lowest BCUT2D eigenvalue weighted by Crippen LogP contribution is -2.49. The number of piperidine rings is 1. The van der Waals surface area contributed by atoms with E-state index in [-0.39, 0.29) is 0 Å². The quantitative estimate of drug-likeness (QED) is 0.775. The first-order valence-corrected chi connectivity index (χ1v) is 7.04. The van der Waals surface area contributed by atoms with Crippen LogP contribution in [0, 0.1) is 0 Å². The van der Waals surface area contributed by atoms with Gasteiger partial charge in [0.05, 0.1) is 18.8 Å². The molecule has 0 aromatic carbocycles. The monoisotopic (exact) mass is 242 g/mol. The Morgan fingerprint density at radius 1 is 1.47 bits per heavy atom. The van der Waals surface area contributed by atoms with Crippen LogP contribution in [0.5, 0.6) is 0 Å². The highest BCUT2D eigenvalue weighted by molar-refractivity contribution is 4.78. The smallest absolute Gasteiger partial charge is 0.0826 e. The lowest BCUT2D eigenvalue weighted by Gasteiger charge is -2.35. The zero-order valence-corrected chi connectivity index (χ0v) is 11.0. The topological polar surface area (TPSA) is 33.7 Å². The van der Waals surface area contributed by atoms with Crippen molar-refractivity contribution in [3.05, 3.63) is 0 Å². The van der Waals surface area contributed by atoms with Crippen molar-refractivity contribution >= 4 is 0 Å². The van der Waals surface area contributed by atoms with Crippen molar-refractivity contribution in [1.82, 2.24) is 10.2 Å². The van der Waals surface area contributed by atoms with E-state index in [4.69, 9.17) is 9.47 Å².